The van der Waals surface area contributed by atoms with Crippen molar-refractivity contribution < 1.29 is 13.5 Å². The molecule has 4 aromatic rings. The number of nitrogens with zero attached hydrogens (tertiary/aromatic N) is 5. The van der Waals surface area contributed by atoms with E-state index in [0.717, 1.165) is 5.56 Å². The van der Waals surface area contributed by atoms with Gasteiger partial charge in [0.15, 0.2) is 5.82 Å². The highest BCUT2D eigenvalue weighted by molar-refractivity contribution is 5.89. The lowest BCUT2D eigenvalue weighted by Gasteiger charge is -2.22. The van der Waals surface area contributed by atoms with Crippen LogP contribution in [0.2, 0.25) is 0 Å². The van der Waals surface area contributed by atoms with E-state index in [9.17, 15) is 13.6 Å². The van der Waals surface area contributed by atoms with E-state index in [0.29, 0.717) is 16.6 Å². The van der Waals surface area contributed by atoms with Crippen LogP contribution in [0, 0.1) is 0 Å². The van der Waals surface area contributed by atoms with Gasteiger partial charge in [0.05, 0.1) is 30.5 Å². The number of rotatable bonds is 5. The maximum Gasteiger partial charge on any atom is 0.297 e. The van der Waals surface area contributed by atoms with Gasteiger partial charge < -0.3 is 10.1 Å². The molecule has 162 valence electrons. The van der Waals surface area contributed by atoms with E-state index in [4.69, 9.17) is 4.74 Å². The van der Waals surface area contributed by atoms with Crippen LogP contribution in [-0.4, -0.2) is 44.0 Å². The lowest BCUT2D eigenvalue weighted by atomic mass is 10.1. The molecule has 4 heterocycles. The van der Waals surface area contributed by atoms with Crippen molar-refractivity contribution in [1.29, 1.82) is 0 Å². The predicted octanol–water partition coefficient (Wildman–Crippen LogP) is 3.24. The molecule has 1 aliphatic rings. The summed E-state index contributed by atoms with van der Waals surface area (Å²) in [6.45, 7) is 0.504. The van der Waals surface area contributed by atoms with Crippen LogP contribution in [0.4, 0.5) is 14.6 Å². The summed E-state index contributed by atoms with van der Waals surface area (Å²) in [4.78, 5) is 24.7. The minimum absolute atomic E-state index is 0.242. The van der Waals surface area contributed by atoms with Crippen molar-refractivity contribution in [3.8, 4) is 11.3 Å². The van der Waals surface area contributed by atoms with Crippen molar-refractivity contribution in [2.24, 2.45) is 0 Å². The molecule has 3 aromatic heterocycles. The molecular formula is C22H18F2N6O2. The molecule has 1 N–H and O–H groups in total. The molecule has 2 unspecified atom stereocenters. The maximum atomic E-state index is 13.4. The van der Waals surface area contributed by atoms with E-state index in [1.54, 1.807) is 48.8 Å². The Labute approximate surface area is 180 Å². The Bertz CT molecular complexity index is 1310. The molecule has 0 bridgehead atoms. The average molecular weight is 436 g/mol. The molecule has 0 saturated carbocycles. The first-order chi connectivity index (χ1) is 15.6. The van der Waals surface area contributed by atoms with Crippen LogP contribution in [0.3, 0.4) is 0 Å². The molecule has 0 spiro atoms. The third-order valence-electron chi connectivity index (χ3n) is 5.28. The quantitative estimate of drug-likeness (QED) is 0.513. The second-order valence-corrected chi connectivity index (χ2v) is 7.35. The molecule has 1 fully saturated rings. The lowest BCUT2D eigenvalue weighted by Crippen LogP contribution is -2.37. The van der Waals surface area contributed by atoms with E-state index < -0.39 is 24.3 Å². The van der Waals surface area contributed by atoms with Crippen molar-refractivity contribution in [3.63, 3.8) is 0 Å². The minimum atomic E-state index is -2.81. The van der Waals surface area contributed by atoms with Gasteiger partial charge in [-0.05, 0) is 30.3 Å². The highest BCUT2D eigenvalue weighted by Gasteiger charge is 2.32. The van der Waals surface area contributed by atoms with Gasteiger partial charge in [-0.25, -0.2) is 23.4 Å². The average Bonchev–Trinajstić information content (AvgIpc) is 3.27. The summed E-state index contributed by atoms with van der Waals surface area (Å²) < 4.78 is 33.7. The normalized spacial score (nSPS) is 18.3. The minimum Gasteiger partial charge on any atom is -0.377 e. The van der Waals surface area contributed by atoms with Gasteiger partial charge in [-0.3, -0.25) is 9.78 Å². The van der Waals surface area contributed by atoms with Crippen LogP contribution >= 0.6 is 0 Å². The molecule has 0 amide bonds. The number of anilines is 1. The molecule has 1 aromatic carbocycles. The number of benzene rings is 1. The van der Waals surface area contributed by atoms with E-state index in [1.807, 2.05) is 6.07 Å². The zero-order chi connectivity index (χ0) is 22.1. The van der Waals surface area contributed by atoms with E-state index >= 15 is 0 Å². The predicted molar refractivity (Wildman–Crippen MR) is 113 cm³/mol. The number of alkyl halides is 2. The molecule has 32 heavy (non-hydrogen) atoms. The first-order valence-corrected chi connectivity index (χ1v) is 9.99. The van der Waals surface area contributed by atoms with Crippen LogP contribution < -0.4 is 10.9 Å². The fourth-order valence-electron chi connectivity index (χ4n) is 3.73. The summed E-state index contributed by atoms with van der Waals surface area (Å²) in [5.74, 6) is -0.293. The van der Waals surface area contributed by atoms with Gasteiger partial charge in [0.25, 0.3) is 12.0 Å². The largest absolute Gasteiger partial charge is 0.377 e. The molecule has 0 aliphatic carbocycles. The van der Waals surface area contributed by atoms with E-state index in [2.05, 4.69) is 25.4 Å². The number of pyridine rings is 1. The van der Waals surface area contributed by atoms with Gasteiger partial charge in [0.1, 0.15) is 11.9 Å². The van der Waals surface area contributed by atoms with Crippen LogP contribution in [0.5, 0.6) is 0 Å². The highest BCUT2D eigenvalue weighted by atomic mass is 19.3. The van der Waals surface area contributed by atoms with Crippen LogP contribution in [0.15, 0.2) is 65.7 Å². The Kier molecular flexibility index (Phi) is 5.28. The number of hydrogen-bond acceptors (Lipinski definition) is 7. The number of halogens is 2. The Morgan fingerprint density at radius 3 is 2.75 bits per heavy atom. The van der Waals surface area contributed by atoms with Gasteiger partial charge in [-0.15, -0.1) is 0 Å². The monoisotopic (exact) mass is 436 g/mol. The van der Waals surface area contributed by atoms with E-state index in [1.165, 1.54) is 10.7 Å². The fourth-order valence-corrected chi connectivity index (χ4v) is 3.73. The number of fused-ring (bicyclic) bond motifs is 1. The summed E-state index contributed by atoms with van der Waals surface area (Å²) in [5, 5.41) is 8.31. The van der Waals surface area contributed by atoms with Crippen LogP contribution in [-0.2, 0) is 4.74 Å². The highest BCUT2D eigenvalue weighted by Crippen LogP contribution is 2.28. The lowest BCUT2D eigenvalue weighted by molar-refractivity contribution is 0.141. The van der Waals surface area contributed by atoms with Gasteiger partial charge in [-0.2, -0.15) is 5.10 Å². The first-order valence-electron chi connectivity index (χ1n) is 9.99. The molecule has 5 rings (SSSR count). The van der Waals surface area contributed by atoms with Gasteiger partial charge in [-0.1, -0.05) is 12.1 Å². The Hall–Kier alpha value is -3.79. The molecular weight excluding hydrogens is 418 g/mol. The van der Waals surface area contributed by atoms with Crippen molar-refractivity contribution in [1.82, 2.24) is 24.7 Å². The summed E-state index contributed by atoms with van der Waals surface area (Å²) >= 11 is 0. The molecule has 10 heteroatoms. The topological polar surface area (TPSA) is 94.8 Å². The van der Waals surface area contributed by atoms with Crippen LogP contribution in [0.1, 0.15) is 18.3 Å². The number of para-hydroxylation sites is 1. The van der Waals surface area contributed by atoms with Crippen LogP contribution in [0.25, 0.3) is 22.2 Å². The Morgan fingerprint density at radius 1 is 1.06 bits per heavy atom. The Morgan fingerprint density at radius 2 is 1.94 bits per heavy atom. The Balaban J connectivity index is 1.51. The van der Waals surface area contributed by atoms with E-state index in [-0.39, 0.29) is 24.6 Å². The molecule has 2 atom stereocenters. The SMILES string of the molecule is O=c1ccc(-c2cccnc2)nn1C1COCC1Nc1nc(C(F)F)nc2ccccc12. The number of ether oxygens (including phenoxy) is 1. The maximum absolute atomic E-state index is 13.4. The zero-order valence-electron chi connectivity index (χ0n) is 16.7. The van der Waals surface area contributed by atoms with Crippen molar-refractivity contribution in [2.45, 2.75) is 18.5 Å². The van der Waals surface area contributed by atoms with Crippen molar-refractivity contribution in [2.75, 3.05) is 18.5 Å². The standard InChI is InChI=1S/C22H18F2N6O2/c23-20(24)22-26-16-6-2-1-5-14(16)21(28-22)27-17-11-32-12-18(17)30-19(31)8-7-15(29-30)13-4-3-9-25-10-13/h1-10,17-18,20H,11-12H2,(H,26,27,28). The third kappa shape index (κ3) is 3.80. The fraction of sp³-hybridized carbons (Fsp3) is 0.227. The zero-order valence-corrected chi connectivity index (χ0v) is 16.7. The van der Waals surface area contributed by atoms with Crippen molar-refractivity contribution >= 4 is 16.7 Å². The molecule has 0 radical (unpaired) electrons. The summed E-state index contributed by atoms with van der Waals surface area (Å²) in [6, 6.07) is 12.8. The summed E-state index contributed by atoms with van der Waals surface area (Å²) in [5.41, 5.74) is 1.48. The molecule has 1 saturated heterocycles. The summed E-state index contributed by atoms with van der Waals surface area (Å²) in [7, 11) is 0. The second kappa shape index (κ2) is 8.39. The van der Waals surface area contributed by atoms with Crippen molar-refractivity contribution in [3.05, 3.63) is 77.1 Å². The molecule has 8 nitrogen and oxygen atoms in total. The number of hydrogen-bond donors (Lipinski definition) is 1. The van der Waals surface area contributed by atoms with Gasteiger partial charge in [0, 0.05) is 29.4 Å². The third-order valence-corrected chi connectivity index (χ3v) is 5.28. The number of nitrogens with one attached hydrogen (secondary N) is 1. The second-order valence-electron chi connectivity index (χ2n) is 7.35. The number of aromatic nitrogens is 5. The smallest absolute Gasteiger partial charge is 0.297 e. The molecule has 1 aliphatic heterocycles. The van der Waals surface area contributed by atoms with Gasteiger partial charge in [0.2, 0.25) is 0 Å². The summed E-state index contributed by atoms with van der Waals surface area (Å²) in [6.07, 6.45) is 0.511. The van der Waals surface area contributed by atoms with Gasteiger partial charge >= 0.3 is 0 Å². The first kappa shape index (κ1) is 20.1.